The van der Waals surface area contributed by atoms with Crippen LogP contribution in [0.3, 0.4) is 0 Å². The summed E-state index contributed by atoms with van der Waals surface area (Å²) in [7, 11) is 3.62. The number of imidazole rings is 2. The SMILES string of the molecule is CCn1nc(C)cc1C(=O)/N=c1\n(C)c2cc(C(N)=O)ccc2n1C/C(C)=C(\C)Cn1/c(=N/C(=O)c2cc(C)nn2CC)n(C)c2cccc(OCc3ccccc3F)c21. The first-order chi connectivity index (χ1) is 28.7. The molecule has 7 rings (SSSR count). The third-order valence-corrected chi connectivity index (χ3v) is 10.7. The summed E-state index contributed by atoms with van der Waals surface area (Å²) in [4.78, 5) is 49.3. The third-order valence-electron chi connectivity index (χ3n) is 10.7. The summed E-state index contributed by atoms with van der Waals surface area (Å²) in [6.07, 6.45) is 0. The van der Waals surface area contributed by atoms with E-state index in [9.17, 15) is 18.8 Å². The lowest BCUT2D eigenvalue weighted by Gasteiger charge is -2.14. The molecule has 0 radical (unpaired) electrons. The number of carbonyl (C=O) groups is 3. The number of rotatable bonds is 12. The van der Waals surface area contributed by atoms with Crippen LogP contribution >= 0.6 is 0 Å². The Bertz CT molecular complexity index is 3020. The number of fused-ring (bicyclic) bond motifs is 2. The molecule has 0 unspecified atom stereocenters. The molecule has 0 aliphatic heterocycles. The average molecular weight is 814 g/mol. The van der Waals surface area contributed by atoms with Crippen molar-refractivity contribution in [3.63, 3.8) is 0 Å². The van der Waals surface area contributed by atoms with Gasteiger partial charge in [-0.15, -0.1) is 0 Å². The number of ether oxygens (including phenoxy) is 1. The Kier molecular flexibility index (Phi) is 11.4. The molecular formula is C44H48FN11O4. The Morgan fingerprint density at radius 1 is 0.717 bits per heavy atom. The Hall–Kier alpha value is -7.10. The van der Waals surface area contributed by atoms with Crippen molar-refractivity contribution >= 4 is 39.8 Å². The fourth-order valence-corrected chi connectivity index (χ4v) is 7.43. The van der Waals surface area contributed by atoms with Gasteiger partial charge in [-0.25, -0.2) is 4.39 Å². The minimum Gasteiger partial charge on any atom is -0.487 e. The van der Waals surface area contributed by atoms with Gasteiger partial charge < -0.3 is 28.7 Å². The molecule has 0 aliphatic carbocycles. The predicted octanol–water partition coefficient (Wildman–Crippen LogP) is 5.66. The summed E-state index contributed by atoms with van der Waals surface area (Å²) in [5.41, 5.74) is 13.9. The molecule has 3 aromatic carbocycles. The molecule has 16 heteroatoms. The second kappa shape index (κ2) is 16.6. The minimum absolute atomic E-state index is 0.0201. The second-order valence-corrected chi connectivity index (χ2v) is 14.8. The van der Waals surface area contributed by atoms with E-state index in [4.69, 9.17) is 15.5 Å². The molecule has 7 aromatic rings. The van der Waals surface area contributed by atoms with Crippen LogP contribution in [0.25, 0.3) is 22.1 Å². The largest absolute Gasteiger partial charge is 0.487 e. The highest BCUT2D eigenvalue weighted by Gasteiger charge is 2.21. The van der Waals surface area contributed by atoms with Crippen molar-refractivity contribution in [2.45, 2.75) is 74.3 Å². The summed E-state index contributed by atoms with van der Waals surface area (Å²) in [6.45, 7) is 13.0. The van der Waals surface area contributed by atoms with E-state index in [2.05, 4.69) is 15.2 Å². The van der Waals surface area contributed by atoms with Gasteiger partial charge in [-0.3, -0.25) is 23.7 Å². The molecule has 15 nitrogen and oxygen atoms in total. The third kappa shape index (κ3) is 7.75. The second-order valence-electron chi connectivity index (χ2n) is 14.8. The summed E-state index contributed by atoms with van der Waals surface area (Å²) >= 11 is 0. The van der Waals surface area contributed by atoms with E-state index in [1.54, 1.807) is 69.5 Å². The fraction of sp³-hybridized carbons (Fsp3) is 0.295. The molecule has 0 spiro atoms. The average Bonchev–Trinajstić information content (AvgIpc) is 3.95. The van der Waals surface area contributed by atoms with Crippen LogP contribution in [0.1, 0.15) is 76.0 Å². The highest BCUT2D eigenvalue weighted by Crippen LogP contribution is 2.28. The van der Waals surface area contributed by atoms with Crippen LogP contribution in [-0.4, -0.2) is 55.6 Å². The van der Waals surface area contributed by atoms with E-state index in [1.807, 2.05) is 80.5 Å². The van der Waals surface area contributed by atoms with E-state index in [-0.39, 0.29) is 19.0 Å². The number of nitrogens with two attached hydrogens (primary N) is 1. The summed E-state index contributed by atoms with van der Waals surface area (Å²) < 4.78 is 31.8. The Labute approximate surface area is 345 Å². The molecule has 60 heavy (non-hydrogen) atoms. The molecule has 0 atom stereocenters. The number of hydrogen-bond acceptors (Lipinski definition) is 6. The standard InChI is InChI=1S/C44H48FN11O4/c1-9-55-36(20-28(5)49-55)41(58)47-43-52(8)35-22-30(40(46)57)18-19-33(35)53(43)23-26(3)27(4)24-54-39-34(16-13-17-38(39)60-25-31-14-11-12-15-32(31)45)51(7)44(54)48-42(59)37-21-29(6)50-56(37)10-2/h11-22H,9-10,23-25H2,1-8H3,(H2,46,57)/b27-26+,47-43+,48-44+. The number of nitrogens with zero attached hydrogens (tertiary/aromatic N) is 10. The Morgan fingerprint density at radius 3 is 1.87 bits per heavy atom. The highest BCUT2D eigenvalue weighted by atomic mass is 19.1. The lowest BCUT2D eigenvalue weighted by Crippen LogP contribution is -2.28. The normalized spacial score (nSPS) is 12.8. The number of hydrogen-bond donors (Lipinski definition) is 1. The van der Waals surface area contributed by atoms with Gasteiger partial charge in [-0.05, 0) is 90.1 Å². The van der Waals surface area contributed by atoms with Crippen molar-refractivity contribution in [2.75, 3.05) is 0 Å². The summed E-state index contributed by atoms with van der Waals surface area (Å²) in [5.74, 6) is -1.39. The molecule has 0 saturated carbocycles. The fourth-order valence-electron chi connectivity index (χ4n) is 7.43. The van der Waals surface area contributed by atoms with E-state index < -0.39 is 17.7 Å². The molecular weight excluding hydrogens is 766 g/mol. The molecule has 3 amide bonds. The van der Waals surface area contributed by atoms with Crippen molar-refractivity contribution < 1.29 is 23.5 Å². The number of para-hydroxylation sites is 1. The Balaban J connectivity index is 1.38. The van der Waals surface area contributed by atoms with Gasteiger partial charge in [-0.2, -0.15) is 20.2 Å². The van der Waals surface area contributed by atoms with E-state index in [1.165, 1.54) is 6.07 Å². The van der Waals surface area contributed by atoms with Gasteiger partial charge in [0.1, 0.15) is 35.1 Å². The van der Waals surface area contributed by atoms with Gasteiger partial charge in [0.15, 0.2) is 0 Å². The van der Waals surface area contributed by atoms with Gasteiger partial charge in [-0.1, -0.05) is 35.4 Å². The maximum absolute atomic E-state index is 14.7. The molecule has 0 aliphatic rings. The van der Waals surface area contributed by atoms with Crippen molar-refractivity contribution in [1.82, 2.24) is 37.8 Å². The van der Waals surface area contributed by atoms with Crippen LogP contribution < -0.4 is 21.7 Å². The molecule has 4 heterocycles. The number of allylic oxidation sites excluding steroid dienone is 2. The van der Waals surface area contributed by atoms with Crippen LogP contribution in [0, 0.1) is 19.7 Å². The maximum Gasteiger partial charge on any atom is 0.298 e. The maximum atomic E-state index is 14.7. The zero-order chi connectivity index (χ0) is 43.0. The topological polar surface area (TPSA) is 167 Å². The van der Waals surface area contributed by atoms with E-state index in [0.717, 1.165) is 22.2 Å². The molecule has 2 N–H and O–H groups in total. The van der Waals surface area contributed by atoms with Gasteiger partial charge in [0.2, 0.25) is 17.1 Å². The summed E-state index contributed by atoms with van der Waals surface area (Å²) in [6, 6.07) is 20.6. The number of aryl methyl sites for hydroxylation is 6. The zero-order valence-corrected chi connectivity index (χ0v) is 35.0. The lowest BCUT2D eigenvalue weighted by molar-refractivity contribution is 0.0977. The van der Waals surface area contributed by atoms with Gasteiger partial charge in [0, 0.05) is 51.4 Å². The van der Waals surface area contributed by atoms with Crippen LogP contribution in [-0.2, 0) is 46.9 Å². The van der Waals surface area contributed by atoms with Crippen LogP contribution in [0.4, 0.5) is 4.39 Å². The van der Waals surface area contributed by atoms with E-state index >= 15 is 0 Å². The number of carbonyl (C=O) groups excluding carboxylic acids is 3. The summed E-state index contributed by atoms with van der Waals surface area (Å²) in [5, 5.41) is 8.89. The molecule has 0 bridgehead atoms. The van der Waals surface area contributed by atoms with E-state index in [0.29, 0.717) is 81.6 Å². The molecule has 310 valence electrons. The van der Waals surface area contributed by atoms with Crippen molar-refractivity contribution in [3.05, 3.63) is 135 Å². The van der Waals surface area contributed by atoms with Crippen molar-refractivity contribution in [2.24, 2.45) is 29.8 Å². The highest BCUT2D eigenvalue weighted by molar-refractivity contribution is 5.97. The van der Waals surface area contributed by atoms with Crippen LogP contribution in [0.5, 0.6) is 5.75 Å². The van der Waals surface area contributed by atoms with Gasteiger partial charge in [0.25, 0.3) is 11.8 Å². The first-order valence-electron chi connectivity index (χ1n) is 19.7. The lowest BCUT2D eigenvalue weighted by atomic mass is 10.1. The molecule has 0 saturated heterocycles. The minimum atomic E-state index is -0.577. The number of aromatic nitrogens is 8. The number of benzene rings is 3. The smallest absolute Gasteiger partial charge is 0.298 e. The van der Waals surface area contributed by atoms with Gasteiger partial charge >= 0.3 is 0 Å². The molecule has 0 fully saturated rings. The van der Waals surface area contributed by atoms with Crippen LogP contribution in [0.15, 0.2) is 93.9 Å². The predicted molar refractivity (Wildman–Crippen MR) is 225 cm³/mol. The van der Waals surface area contributed by atoms with Crippen LogP contribution in [0.2, 0.25) is 0 Å². The van der Waals surface area contributed by atoms with Gasteiger partial charge in [0.05, 0.1) is 27.9 Å². The zero-order valence-electron chi connectivity index (χ0n) is 35.0. The quantitative estimate of drug-likeness (QED) is 0.156. The first kappa shape index (κ1) is 41.1. The molecule has 4 aromatic heterocycles. The van der Waals surface area contributed by atoms with Crippen molar-refractivity contribution in [3.8, 4) is 5.75 Å². The first-order valence-corrected chi connectivity index (χ1v) is 19.7. The number of primary amides is 1. The van der Waals surface area contributed by atoms with Crippen molar-refractivity contribution in [1.29, 1.82) is 0 Å². The Morgan fingerprint density at radius 2 is 1.28 bits per heavy atom. The number of amides is 3. The monoisotopic (exact) mass is 813 g/mol. The number of halogens is 1.